The van der Waals surface area contributed by atoms with E-state index in [0.717, 1.165) is 53.9 Å². The van der Waals surface area contributed by atoms with E-state index < -0.39 is 0 Å². The predicted octanol–water partition coefficient (Wildman–Crippen LogP) is 2.92. The van der Waals surface area contributed by atoms with E-state index in [2.05, 4.69) is 36.8 Å². The standard InChI is InChI=1S/C17H21N5S/c1-10-9-11(2)18-17-13(10)14-15(23-17)16(20-12(3)19-14)22-7-5-21(4)6-8-22/h9H,5-8H2,1-4H3. The van der Waals surface area contributed by atoms with Crippen LogP contribution in [0.15, 0.2) is 6.07 Å². The molecule has 0 saturated carbocycles. The second-order valence-electron chi connectivity index (χ2n) is 6.43. The lowest BCUT2D eigenvalue weighted by Gasteiger charge is -2.33. The number of aromatic nitrogens is 3. The molecule has 0 radical (unpaired) electrons. The van der Waals surface area contributed by atoms with Gasteiger partial charge in [-0.05, 0) is 39.4 Å². The molecule has 3 aromatic rings. The zero-order valence-corrected chi connectivity index (χ0v) is 14.9. The van der Waals surface area contributed by atoms with Crippen molar-refractivity contribution in [3.63, 3.8) is 0 Å². The fraction of sp³-hybridized carbons (Fsp3) is 0.471. The first-order valence-electron chi connectivity index (χ1n) is 8.01. The van der Waals surface area contributed by atoms with Crippen molar-refractivity contribution in [2.24, 2.45) is 0 Å². The topological polar surface area (TPSA) is 45.2 Å². The van der Waals surface area contributed by atoms with E-state index in [9.17, 15) is 0 Å². The number of anilines is 1. The molecule has 4 rings (SSSR count). The number of thiophene rings is 1. The second-order valence-corrected chi connectivity index (χ2v) is 7.42. The Morgan fingerprint density at radius 2 is 1.74 bits per heavy atom. The summed E-state index contributed by atoms with van der Waals surface area (Å²) in [4.78, 5) is 20.1. The Kier molecular flexibility index (Phi) is 3.46. The van der Waals surface area contributed by atoms with Crippen LogP contribution in [0.4, 0.5) is 5.82 Å². The van der Waals surface area contributed by atoms with Gasteiger partial charge in [0.1, 0.15) is 10.7 Å². The summed E-state index contributed by atoms with van der Waals surface area (Å²) >= 11 is 1.73. The summed E-state index contributed by atoms with van der Waals surface area (Å²) in [6, 6.07) is 2.14. The van der Waals surface area contributed by atoms with Crippen LogP contribution in [0.1, 0.15) is 17.1 Å². The number of aryl methyl sites for hydroxylation is 3. The molecule has 1 aliphatic rings. The fourth-order valence-corrected chi connectivity index (χ4v) is 4.56. The third kappa shape index (κ3) is 2.46. The molecule has 0 atom stereocenters. The fourth-order valence-electron chi connectivity index (χ4n) is 3.30. The van der Waals surface area contributed by atoms with Crippen molar-refractivity contribution in [3.05, 3.63) is 23.1 Å². The molecule has 0 aromatic carbocycles. The SMILES string of the molecule is Cc1cc(C)c2c(n1)sc1c(N3CCN(C)CC3)nc(C)nc12. The maximum atomic E-state index is 4.78. The molecule has 0 spiro atoms. The first kappa shape index (κ1) is 14.8. The van der Waals surface area contributed by atoms with E-state index in [-0.39, 0.29) is 0 Å². The molecule has 4 heterocycles. The number of pyridine rings is 1. The van der Waals surface area contributed by atoms with Gasteiger partial charge in [-0.3, -0.25) is 0 Å². The highest BCUT2D eigenvalue weighted by Gasteiger charge is 2.22. The van der Waals surface area contributed by atoms with Crippen molar-refractivity contribution in [1.29, 1.82) is 0 Å². The Morgan fingerprint density at radius 3 is 2.48 bits per heavy atom. The molecule has 0 amide bonds. The van der Waals surface area contributed by atoms with Crippen molar-refractivity contribution in [1.82, 2.24) is 19.9 Å². The van der Waals surface area contributed by atoms with Crippen molar-refractivity contribution >= 4 is 37.6 Å². The van der Waals surface area contributed by atoms with Gasteiger partial charge in [0.05, 0.1) is 10.2 Å². The molecule has 6 heteroatoms. The quantitative estimate of drug-likeness (QED) is 0.688. The molecule has 1 aliphatic heterocycles. The van der Waals surface area contributed by atoms with Crippen LogP contribution >= 0.6 is 11.3 Å². The summed E-state index contributed by atoms with van der Waals surface area (Å²) in [6.07, 6.45) is 0. The Labute approximate surface area is 140 Å². The largest absolute Gasteiger partial charge is 0.353 e. The summed E-state index contributed by atoms with van der Waals surface area (Å²) in [5.74, 6) is 1.92. The van der Waals surface area contributed by atoms with Crippen LogP contribution < -0.4 is 4.90 Å². The minimum absolute atomic E-state index is 0.839. The first-order chi connectivity index (χ1) is 11.0. The number of likely N-dealkylation sites (N-methyl/N-ethyl adjacent to an activating group) is 1. The van der Waals surface area contributed by atoms with Gasteiger partial charge in [-0.15, -0.1) is 11.3 Å². The number of nitrogens with zero attached hydrogens (tertiary/aromatic N) is 5. The van der Waals surface area contributed by atoms with E-state index in [0.29, 0.717) is 0 Å². The summed E-state index contributed by atoms with van der Waals surface area (Å²) in [5.41, 5.74) is 3.38. The van der Waals surface area contributed by atoms with Gasteiger partial charge in [0, 0.05) is 37.3 Å². The molecule has 3 aromatic heterocycles. The van der Waals surface area contributed by atoms with Gasteiger partial charge >= 0.3 is 0 Å². The van der Waals surface area contributed by atoms with Crippen LogP contribution in [0, 0.1) is 20.8 Å². The molecular formula is C17H21N5S. The minimum Gasteiger partial charge on any atom is -0.353 e. The van der Waals surface area contributed by atoms with Gasteiger partial charge in [0.25, 0.3) is 0 Å². The second kappa shape index (κ2) is 5.39. The van der Waals surface area contributed by atoms with Crippen molar-refractivity contribution in [2.45, 2.75) is 20.8 Å². The van der Waals surface area contributed by atoms with E-state index in [1.165, 1.54) is 15.6 Å². The lowest BCUT2D eigenvalue weighted by molar-refractivity contribution is 0.312. The number of hydrogen-bond acceptors (Lipinski definition) is 6. The Balaban J connectivity index is 1.96. The molecule has 0 N–H and O–H groups in total. The first-order valence-corrected chi connectivity index (χ1v) is 8.83. The minimum atomic E-state index is 0.839. The van der Waals surface area contributed by atoms with Gasteiger partial charge in [-0.2, -0.15) is 0 Å². The summed E-state index contributed by atoms with van der Waals surface area (Å²) < 4.78 is 1.18. The highest BCUT2D eigenvalue weighted by atomic mass is 32.1. The van der Waals surface area contributed by atoms with Crippen LogP contribution in [-0.2, 0) is 0 Å². The van der Waals surface area contributed by atoms with Gasteiger partial charge in [0.2, 0.25) is 0 Å². The highest BCUT2D eigenvalue weighted by molar-refractivity contribution is 7.26. The smallest absolute Gasteiger partial charge is 0.150 e. The van der Waals surface area contributed by atoms with E-state index in [4.69, 9.17) is 15.0 Å². The summed E-state index contributed by atoms with van der Waals surface area (Å²) in [5, 5.41) is 1.19. The number of hydrogen-bond donors (Lipinski definition) is 0. The van der Waals surface area contributed by atoms with Crippen LogP contribution in [0.3, 0.4) is 0 Å². The zero-order chi connectivity index (χ0) is 16.1. The van der Waals surface area contributed by atoms with Crippen molar-refractivity contribution in [3.8, 4) is 0 Å². The maximum absolute atomic E-state index is 4.78. The number of fused-ring (bicyclic) bond motifs is 3. The molecule has 5 nitrogen and oxygen atoms in total. The zero-order valence-electron chi connectivity index (χ0n) is 14.1. The van der Waals surface area contributed by atoms with Gasteiger partial charge in [-0.1, -0.05) is 0 Å². The number of piperazine rings is 1. The van der Waals surface area contributed by atoms with E-state index >= 15 is 0 Å². The summed E-state index contributed by atoms with van der Waals surface area (Å²) in [6.45, 7) is 10.4. The normalized spacial score (nSPS) is 16.6. The Hall–Kier alpha value is -1.79. The molecule has 1 saturated heterocycles. The van der Waals surface area contributed by atoms with Crippen LogP contribution in [0.25, 0.3) is 20.4 Å². The van der Waals surface area contributed by atoms with E-state index in [1.54, 1.807) is 11.3 Å². The molecule has 120 valence electrons. The average molecular weight is 327 g/mol. The average Bonchev–Trinajstić information content (AvgIpc) is 2.85. The van der Waals surface area contributed by atoms with Crippen LogP contribution in [-0.4, -0.2) is 53.1 Å². The third-order valence-corrected chi connectivity index (χ3v) is 5.58. The molecule has 1 fully saturated rings. The van der Waals surface area contributed by atoms with Crippen molar-refractivity contribution < 1.29 is 0 Å². The van der Waals surface area contributed by atoms with Gasteiger partial charge < -0.3 is 9.80 Å². The number of rotatable bonds is 1. The maximum Gasteiger partial charge on any atom is 0.150 e. The molecular weight excluding hydrogens is 306 g/mol. The molecule has 0 unspecified atom stereocenters. The molecule has 0 bridgehead atoms. The molecule has 23 heavy (non-hydrogen) atoms. The lowest BCUT2D eigenvalue weighted by Crippen LogP contribution is -2.44. The van der Waals surface area contributed by atoms with Gasteiger partial charge in [-0.25, -0.2) is 15.0 Å². The van der Waals surface area contributed by atoms with Crippen LogP contribution in [0.2, 0.25) is 0 Å². The lowest BCUT2D eigenvalue weighted by atomic mass is 10.1. The predicted molar refractivity (Wildman–Crippen MR) is 96.6 cm³/mol. The molecule has 0 aliphatic carbocycles. The third-order valence-electron chi connectivity index (χ3n) is 4.51. The van der Waals surface area contributed by atoms with Crippen LogP contribution in [0.5, 0.6) is 0 Å². The van der Waals surface area contributed by atoms with Gasteiger partial charge in [0.15, 0.2) is 5.82 Å². The Morgan fingerprint density at radius 1 is 1.00 bits per heavy atom. The highest BCUT2D eigenvalue weighted by Crippen LogP contribution is 2.38. The van der Waals surface area contributed by atoms with Crippen molar-refractivity contribution in [2.75, 3.05) is 38.1 Å². The van der Waals surface area contributed by atoms with E-state index in [1.807, 2.05) is 6.92 Å². The summed E-state index contributed by atoms with van der Waals surface area (Å²) in [7, 11) is 2.17. The monoisotopic (exact) mass is 327 g/mol. The Bertz CT molecular complexity index is 893.